The highest BCUT2D eigenvalue weighted by Crippen LogP contribution is 2.21. The summed E-state index contributed by atoms with van der Waals surface area (Å²) >= 11 is 0. The largest absolute Gasteiger partial charge is 0.497 e. The van der Waals surface area contributed by atoms with Gasteiger partial charge in [-0.05, 0) is 48.2 Å². The molecule has 0 spiro atoms. The van der Waals surface area contributed by atoms with Gasteiger partial charge in [-0.25, -0.2) is 22.6 Å². The Kier molecular flexibility index (Phi) is 6.39. The summed E-state index contributed by atoms with van der Waals surface area (Å²) in [4.78, 5) is 16.7. The Labute approximate surface area is 170 Å². The Morgan fingerprint density at radius 2 is 1.72 bits per heavy atom. The van der Waals surface area contributed by atoms with Crippen molar-refractivity contribution in [3.05, 3.63) is 65.5 Å². The van der Waals surface area contributed by atoms with Crippen LogP contribution >= 0.6 is 0 Å². The van der Waals surface area contributed by atoms with Gasteiger partial charge in [0.05, 0.1) is 26.0 Å². The van der Waals surface area contributed by atoms with Crippen molar-refractivity contribution < 1.29 is 22.3 Å². The van der Waals surface area contributed by atoms with Crippen molar-refractivity contribution in [1.82, 2.24) is 14.7 Å². The van der Waals surface area contributed by atoms with E-state index >= 15 is 0 Å². The lowest BCUT2D eigenvalue weighted by atomic mass is 10.0. The zero-order valence-electron chi connectivity index (χ0n) is 16.3. The summed E-state index contributed by atoms with van der Waals surface area (Å²) in [5.74, 6) is 0.427. The molecule has 1 fully saturated rings. The number of sulfonamides is 1. The van der Waals surface area contributed by atoms with Gasteiger partial charge in [0.25, 0.3) is 0 Å². The second kappa shape index (κ2) is 8.79. The zero-order chi connectivity index (χ0) is 21.0. The number of urea groups is 1. The number of methoxy groups -OCH3 is 1. The minimum absolute atomic E-state index is 0.214. The summed E-state index contributed by atoms with van der Waals surface area (Å²) in [5.41, 5.74) is 1.91. The van der Waals surface area contributed by atoms with Gasteiger partial charge in [0.15, 0.2) is 0 Å². The number of hydrogen-bond acceptors (Lipinski definition) is 4. The van der Waals surface area contributed by atoms with Crippen molar-refractivity contribution in [3.8, 4) is 5.75 Å². The molecular weight excluding hydrogens is 397 g/mol. The van der Waals surface area contributed by atoms with Gasteiger partial charge in [0.2, 0.25) is 10.0 Å². The molecule has 0 aliphatic carbocycles. The van der Waals surface area contributed by atoms with Crippen LogP contribution in [0.3, 0.4) is 0 Å². The van der Waals surface area contributed by atoms with E-state index < -0.39 is 16.1 Å². The molecular formula is C20H24FN3O4S. The Bertz CT molecular complexity index is 949. The van der Waals surface area contributed by atoms with E-state index in [1.807, 2.05) is 24.3 Å². The molecule has 156 valence electrons. The van der Waals surface area contributed by atoms with Crippen molar-refractivity contribution >= 4 is 16.1 Å². The number of ether oxygens (including phenoxy) is 1. The number of carbonyl (C=O) groups excluding carboxylic acids is 1. The molecule has 1 atom stereocenters. The van der Waals surface area contributed by atoms with Crippen molar-refractivity contribution in [2.75, 3.05) is 26.5 Å². The third kappa shape index (κ3) is 5.68. The predicted octanol–water partition coefficient (Wildman–Crippen LogP) is 2.19. The minimum Gasteiger partial charge on any atom is -0.497 e. The molecule has 0 radical (unpaired) electrons. The number of hydrazine groups is 1. The lowest BCUT2D eigenvalue weighted by molar-refractivity contribution is 0.182. The first-order chi connectivity index (χ1) is 13.7. The summed E-state index contributed by atoms with van der Waals surface area (Å²) in [7, 11) is -1.98. The summed E-state index contributed by atoms with van der Waals surface area (Å²) in [5, 5.41) is 1.12. The normalized spacial score (nSPS) is 17.1. The number of benzene rings is 2. The maximum absolute atomic E-state index is 13.2. The molecule has 29 heavy (non-hydrogen) atoms. The molecule has 0 saturated carbocycles. The number of carbonyl (C=O) groups is 1. The lowest BCUT2D eigenvalue weighted by Gasteiger charge is -2.23. The molecule has 9 heteroatoms. The Hall–Kier alpha value is -2.65. The number of rotatable bonds is 8. The molecule has 1 heterocycles. The van der Waals surface area contributed by atoms with Crippen LogP contribution in [0.5, 0.6) is 5.75 Å². The summed E-state index contributed by atoms with van der Waals surface area (Å²) in [6, 6.07) is 13.0. The van der Waals surface area contributed by atoms with Gasteiger partial charge in [-0.2, -0.15) is 0 Å². The Morgan fingerprint density at radius 3 is 2.31 bits per heavy atom. The lowest BCUT2D eigenvalue weighted by Crippen LogP contribution is -2.44. The van der Waals surface area contributed by atoms with Crippen molar-refractivity contribution in [2.45, 2.75) is 18.9 Å². The highest BCUT2D eigenvalue weighted by Gasteiger charge is 2.38. The van der Waals surface area contributed by atoms with Crippen LogP contribution in [0.4, 0.5) is 9.18 Å². The van der Waals surface area contributed by atoms with Gasteiger partial charge in [-0.3, -0.25) is 0 Å². The van der Waals surface area contributed by atoms with E-state index in [2.05, 4.69) is 4.83 Å². The SMILES string of the molecule is COc1ccc(CCN2C(=O)N(NS(C)(=O)=O)CC2Cc2ccc(F)cc2)cc1. The number of amides is 2. The summed E-state index contributed by atoms with van der Waals surface area (Å²) in [6.07, 6.45) is 2.12. The third-order valence-corrected chi connectivity index (χ3v) is 5.32. The first-order valence-electron chi connectivity index (χ1n) is 9.18. The average Bonchev–Trinajstić information content (AvgIpc) is 2.95. The van der Waals surface area contributed by atoms with Crippen LogP contribution in [-0.4, -0.2) is 56.9 Å². The number of nitrogens with zero attached hydrogens (tertiary/aromatic N) is 2. The first kappa shape index (κ1) is 21.1. The van der Waals surface area contributed by atoms with Crippen LogP contribution in [0.15, 0.2) is 48.5 Å². The first-order valence-corrected chi connectivity index (χ1v) is 11.1. The van der Waals surface area contributed by atoms with Crippen LogP contribution in [0.1, 0.15) is 11.1 Å². The fourth-order valence-electron chi connectivity index (χ4n) is 3.36. The highest BCUT2D eigenvalue weighted by atomic mass is 32.2. The molecule has 1 saturated heterocycles. The van der Waals surface area contributed by atoms with Gasteiger partial charge < -0.3 is 9.64 Å². The highest BCUT2D eigenvalue weighted by molar-refractivity contribution is 7.88. The van der Waals surface area contributed by atoms with Gasteiger partial charge in [-0.15, -0.1) is 4.83 Å². The van der Waals surface area contributed by atoms with E-state index in [9.17, 15) is 17.6 Å². The van der Waals surface area contributed by atoms with Crippen LogP contribution in [-0.2, 0) is 22.9 Å². The number of hydrogen-bond donors (Lipinski definition) is 1. The van der Waals surface area contributed by atoms with Crippen molar-refractivity contribution in [3.63, 3.8) is 0 Å². The van der Waals surface area contributed by atoms with Gasteiger partial charge >= 0.3 is 6.03 Å². The van der Waals surface area contributed by atoms with Crippen molar-refractivity contribution in [1.29, 1.82) is 0 Å². The fraction of sp³-hybridized carbons (Fsp3) is 0.350. The van der Waals surface area contributed by atoms with Crippen LogP contribution in [0, 0.1) is 5.82 Å². The fourth-order valence-corrected chi connectivity index (χ4v) is 3.92. The van der Waals surface area contributed by atoms with Crippen LogP contribution in [0.25, 0.3) is 0 Å². The molecule has 3 rings (SSSR count). The minimum atomic E-state index is -3.58. The van der Waals surface area contributed by atoms with Gasteiger partial charge in [-0.1, -0.05) is 24.3 Å². The molecule has 2 aromatic rings. The van der Waals surface area contributed by atoms with Crippen LogP contribution in [0.2, 0.25) is 0 Å². The summed E-state index contributed by atoms with van der Waals surface area (Å²) < 4.78 is 41.6. The standard InChI is InChI=1S/C20H24FN3O4S/c1-28-19-9-5-15(6-10-19)11-12-23-18(13-16-3-7-17(21)8-4-16)14-24(20(23)25)22-29(2,26)27/h3-10,18,22H,11-14H2,1-2H3. The van der Waals surface area contributed by atoms with Crippen LogP contribution < -0.4 is 9.57 Å². The molecule has 7 nitrogen and oxygen atoms in total. The summed E-state index contributed by atoms with van der Waals surface area (Å²) in [6.45, 7) is 0.644. The number of nitrogens with one attached hydrogen (secondary N) is 1. The van der Waals surface area contributed by atoms with Crippen molar-refractivity contribution in [2.24, 2.45) is 0 Å². The maximum atomic E-state index is 13.2. The third-order valence-electron chi connectivity index (χ3n) is 4.77. The average molecular weight is 421 g/mol. The van der Waals surface area contributed by atoms with E-state index in [1.54, 1.807) is 24.1 Å². The quantitative estimate of drug-likeness (QED) is 0.709. The topological polar surface area (TPSA) is 79.0 Å². The van der Waals surface area contributed by atoms with E-state index in [0.29, 0.717) is 19.4 Å². The smallest absolute Gasteiger partial charge is 0.335 e. The Morgan fingerprint density at radius 1 is 1.10 bits per heavy atom. The Balaban J connectivity index is 1.74. The van der Waals surface area contributed by atoms with Gasteiger partial charge in [0, 0.05) is 6.54 Å². The predicted molar refractivity (Wildman–Crippen MR) is 107 cm³/mol. The van der Waals surface area contributed by atoms with E-state index in [4.69, 9.17) is 4.74 Å². The molecule has 0 bridgehead atoms. The second-order valence-electron chi connectivity index (χ2n) is 7.03. The van der Waals surface area contributed by atoms with Gasteiger partial charge in [0.1, 0.15) is 11.6 Å². The van der Waals surface area contributed by atoms with E-state index in [1.165, 1.54) is 12.1 Å². The molecule has 1 N–H and O–H groups in total. The number of halogens is 1. The zero-order valence-corrected chi connectivity index (χ0v) is 17.2. The molecule has 1 aliphatic heterocycles. The molecule has 1 aliphatic rings. The molecule has 0 aromatic heterocycles. The van der Waals surface area contributed by atoms with E-state index in [-0.39, 0.29) is 18.4 Å². The van der Waals surface area contributed by atoms with E-state index in [0.717, 1.165) is 28.1 Å². The monoisotopic (exact) mass is 421 g/mol. The molecule has 2 amide bonds. The molecule has 2 aromatic carbocycles. The maximum Gasteiger partial charge on any atom is 0.335 e. The molecule has 1 unspecified atom stereocenters. The second-order valence-corrected chi connectivity index (χ2v) is 8.76.